The van der Waals surface area contributed by atoms with E-state index >= 15 is 0 Å². The van der Waals surface area contributed by atoms with Gasteiger partial charge in [0.15, 0.2) is 0 Å². The van der Waals surface area contributed by atoms with Crippen molar-refractivity contribution in [1.29, 1.82) is 0 Å². The second-order valence-corrected chi connectivity index (χ2v) is 12.7. The number of allylic oxidation sites excluding steroid dienone is 1. The van der Waals surface area contributed by atoms with Crippen LogP contribution in [0.2, 0.25) is 5.02 Å². The molecule has 0 radical (unpaired) electrons. The highest BCUT2D eigenvalue weighted by molar-refractivity contribution is 7.85. The Morgan fingerprint density at radius 3 is 2.59 bits per heavy atom. The van der Waals surface area contributed by atoms with Crippen molar-refractivity contribution in [3.8, 4) is 17.6 Å². The van der Waals surface area contributed by atoms with Gasteiger partial charge in [-0.2, -0.15) is 8.42 Å². The van der Waals surface area contributed by atoms with E-state index in [4.69, 9.17) is 30.4 Å². The first-order valence-electron chi connectivity index (χ1n) is 14.2. The summed E-state index contributed by atoms with van der Waals surface area (Å²) in [5, 5.41) is 3.45. The molecule has 44 heavy (non-hydrogen) atoms. The van der Waals surface area contributed by atoms with Crippen LogP contribution < -0.4 is 16.2 Å². The molecule has 2 aromatic rings. The van der Waals surface area contributed by atoms with Gasteiger partial charge in [-0.25, -0.2) is 4.79 Å². The summed E-state index contributed by atoms with van der Waals surface area (Å²) in [6.07, 6.45) is 3.59. The number of unbranched alkanes of at least 4 members (excludes halogenated alkanes) is 2. The first-order valence-corrected chi connectivity index (χ1v) is 16.2. The third-order valence-electron chi connectivity index (χ3n) is 7.59. The molecule has 1 unspecified atom stereocenters. The molecule has 2 heterocycles. The third kappa shape index (κ3) is 9.55. The van der Waals surface area contributed by atoms with Crippen LogP contribution in [0.1, 0.15) is 68.1 Å². The molecule has 2 aliphatic heterocycles. The maximum atomic E-state index is 13.7. The van der Waals surface area contributed by atoms with Crippen molar-refractivity contribution in [3.63, 3.8) is 0 Å². The number of hydrogen-bond acceptors (Lipinski definition) is 8. The van der Waals surface area contributed by atoms with Crippen molar-refractivity contribution >= 4 is 33.6 Å². The van der Waals surface area contributed by atoms with Crippen molar-refractivity contribution < 1.29 is 36.8 Å². The average Bonchev–Trinajstić information content (AvgIpc) is 3.48. The summed E-state index contributed by atoms with van der Waals surface area (Å²) in [6.45, 7) is 2.31. The van der Waals surface area contributed by atoms with E-state index in [0.29, 0.717) is 65.5 Å². The molecule has 0 saturated carbocycles. The lowest BCUT2D eigenvalue weighted by molar-refractivity contribution is -0.141. The van der Waals surface area contributed by atoms with Crippen LogP contribution in [0.5, 0.6) is 5.75 Å². The van der Waals surface area contributed by atoms with Gasteiger partial charge >= 0.3 is 5.97 Å². The van der Waals surface area contributed by atoms with Gasteiger partial charge in [-0.05, 0) is 68.9 Å². The first kappa shape index (κ1) is 35.1. The summed E-state index contributed by atoms with van der Waals surface area (Å²) in [7, 11) is -2.44. The van der Waals surface area contributed by atoms with E-state index in [0.717, 1.165) is 18.4 Å². The van der Waals surface area contributed by atoms with Gasteiger partial charge in [0.1, 0.15) is 12.4 Å². The molecule has 1 saturated heterocycles. The SMILES string of the molecule is COc1cc(C#CCCCCS(=O)(=O)O)ccc1COC(=O)C1=C(C)NC(=O)C(C[C@H]2CCCO2)[C@H]1c1ccc(Cl)cc1.N. The zero-order valence-corrected chi connectivity index (χ0v) is 26.5. The number of ether oxygens (including phenoxy) is 3. The molecule has 12 heteroatoms. The zero-order chi connectivity index (χ0) is 31.0. The predicted octanol–water partition coefficient (Wildman–Crippen LogP) is 5.34. The highest BCUT2D eigenvalue weighted by Gasteiger charge is 2.42. The zero-order valence-electron chi connectivity index (χ0n) is 24.9. The lowest BCUT2D eigenvalue weighted by atomic mass is 9.74. The Morgan fingerprint density at radius 1 is 1.18 bits per heavy atom. The maximum Gasteiger partial charge on any atom is 0.336 e. The minimum Gasteiger partial charge on any atom is -0.496 e. The van der Waals surface area contributed by atoms with Gasteiger partial charge in [0, 0.05) is 40.8 Å². The van der Waals surface area contributed by atoms with Gasteiger partial charge in [-0.1, -0.05) is 41.6 Å². The summed E-state index contributed by atoms with van der Waals surface area (Å²) in [5.74, 6) is 4.49. The number of benzene rings is 2. The standard InChI is InChI=1S/C32H36ClNO8S.H3N/c1-21-29(30(23-12-14-25(33)15-13-23)27(31(35)34-21)19-26-9-7-16-41-26)32(36)42-20-24-11-10-22(18-28(24)40-2)8-5-3-4-6-17-43(37,38)39;/h10-15,18,26-27,30H,3-4,6-7,9,16-17,19-20H2,1-2H3,(H,34,35)(H,37,38,39);1H3/t26-,27?,30-;/m1./s1. The molecule has 2 aliphatic rings. The molecule has 1 amide bonds. The van der Waals surface area contributed by atoms with Gasteiger partial charge in [-0.15, -0.1) is 0 Å². The molecular weight excluding hydrogens is 608 g/mol. The number of rotatable bonds is 11. The topological polar surface area (TPSA) is 163 Å². The molecule has 238 valence electrons. The van der Waals surface area contributed by atoms with E-state index in [1.807, 2.05) is 12.1 Å². The van der Waals surface area contributed by atoms with Crippen molar-refractivity contribution in [2.45, 2.75) is 64.1 Å². The molecular formula is C32H39ClN2O8S. The lowest BCUT2D eigenvalue weighted by Gasteiger charge is -2.35. The third-order valence-corrected chi connectivity index (χ3v) is 8.64. The quantitative estimate of drug-likeness (QED) is 0.127. The van der Waals surface area contributed by atoms with Crippen LogP contribution >= 0.6 is 11.6 Å². The second-order valence-electron chi connectivity index (χ2n) is 10.7. The largest absolute Gasteiger partial charge is 0.496 e. The van der Waals surface area contributed by atoms with Crippen LogP contribution in [-0.4, -0.2) is 50.4 Å². The van der Waals surface area contributed by atoms with E-state index in [1.54, 1.807) is 37.3 Å². The highest BCUT2D eigenvalue weighted by Crippen LogP contribution is 2.41. The summed E-state index contributed by atoms with van der Waals surface area (Å²) in [6, 6.07) is 12.5. The Labute approximate surface area is 263 Å². The lowest BCUT2D eigenvalue weighted by Crippen LogP contribution is -2.43. The number of halogens is 1. The van der Waals surface area contributed by atoms with Crippen LogP contribution in [0.25, 0.3) is 0 Å². The van der Waals surface area contributed by atoms with Crippen molar-refractivity contribution in [2.24, 2.45) is 5.92 Å². The van der Waals surface area contributed by atoms with Crippen LogP contribution in [0.4, 0.5) is 0 Å². The van der Waals surface area contributed by atoms with Crippen LogP contribution in [0.3, 0.4) is 0 Å². The average molecular weight is 647 g/mol. The Hall–Kier alpha value is -3.40. The van der Waals surface area contributed by atoms with E-state index in [9.17, 15) is 18.0 Å². The number of hydrogen-bond donors (Lipinski definition) is 3. The monoisotopic (exact) mass is 646 g/mol. The number of nitrogens with one attached hydrogen (secondary N) is 1. The van der Waals surface area contributed by atoms with Crippen molar-refractivity contribution in [2.75, 3.05) is 19.5 Å². The van der Waals surface area contributed by atoms with Gasteiger partial charge in [-0.3, -0.25) is 9.35 Å². The molecule has 2 aromatic carbocycles. The van der Waals surface area contributed by atoms with Gasteiger partial charge < -0.3 is 25.7 Å². The number of methoxy groups -OCH3 is 1. The van der Waals surface area contributed by atoms with Gasteiger partial charge in [0.2, 0.25) is 5.91 Å². The van der Waals surface area contributed by atoms with E-state index < -0.39 is 27.9 Å². The minimum atomic E-state index is -3.96. The fourth-order valence-electron chi connectivity index (χ4n) is 5.46. The smallest absolute Gasteiger partial charge is 0.336 e. The Kier molecular flexibility index (Phi) is 12.8. The summed E-state index contributed by atoms with van der Waals surface area (Å²) >= 11 is 6.15. The van der Waals surface area contributed by atoms with E-state index in [-0.39, 0.29) is 30.5 Å². The summed E-state index contributed by atoms with van der Waals surface area (Å²) in [4.78, 5) is 26.9. The summed E-state index contributed by atoms with van der Waals surface area (Å²) in [5.41, 5.74) is 2.97. The fraction of sp³-hybridized carbons (Fsp3) is 0.438. The maximum absolute atomic E-state index is 13.7. The first-order chi connectivity index (χ1) is 20.6. The van der Waals surface area contributed by atoms with Crippen molar-refractivity contribution in [1.82, 2.24) is 11.5 Å². The van der Waals surface area contributed by atoms with Crippen LogP contribution in [0.15, 0.2) is 53.7 Å². The molecule has 3 atom stereocenters. The number of carbonyl (C=O) groups is 2. The molecule has 1 fully saturated rings. The Morgan fingerprint density at radius 2 is 1.93 bits per heavy atom. The number of carbonyl (C=O) groups excluding carboxylic acids is 2. The number of amides is 1. The Balaban J connectivity index is 0.00000529. The minimum absolute atomic E-state index is 0. The molecule has 5 N–H and O–H groups in total. The normalized spacial score (nSPS) is 19.8. The van der Waals surface area contributed by atoms with E-state index in [2.05, 4.69) is 17.2 Å². The molecule has 10 nitrogen and oxygen atoms in total. The number of esters is 1. The van der Waals surface area contributed by atoms with E-state index in [1.165, 1.54) is 7.11 Å². The second kappa shape index (κ2) is 16.1. The van der Waals surface area contributed by atoms with Crippen LogP contribution in [-0.2, 0) is 35.8 Å². The Bertz CT molecular complexity index is 1520. The van der Waals surface area contributed by atoms with Crippen LogP contribution in [0, 0.1) is 17.8 Å². The van der Waals surface area contributed by atoms with Crippen molar-refractivity contribution in [3.05, 3.63) is 75.4 Å². The molecule has 0 aliphatic carbocycles. The predicted molar refractivity (Wildman–Crippen MR) is 167 cm³/mol. The molecule has 4 rings (SSSR count). The molecule has 0 spiro atoms. The highest BCUT2D eigenvalue weighted by atomic mass is 35.5. The summed E-state index contributed by atoms with van der Waals surface area (Å²) < 4.78 is 47.6. The molecule has 0 aromatic heterocycles. The van der Waals surface area contributed by atoms with Gasteiger partial charge in [0.05, 0.1) is 30.5 Å². The van der Waals surface area contributed by atoms with Gasteiger partial charge in [0.25, 0.3) is 10.1 Å². The fourth-order valence-corrected chi connectivity index (χ4v) is 6.16. The molecule has 0 bridgehead atoms.